The molecule has 1 aliphatic rings. The Balaban J connectivity index is 1.93. The van der Waals surface area contributed by atoms with Crippen molar-refractivity contribution in [2.75, 3.05) is 12.4 Å². The van der Waals surface area contributed by atoms with E-state index in [4.69, 9.17) is 4.74 Å². The van der Waals surface area contributed by atoms with Crippen molar-refractivity contribution in [2.45, 2.75) is 64.2 Å². The van der Waals surface area contributed by atoms with Gasteiger partial charge in [-0.25, -0.2) is 4.79 Å². The van der Waals surface area contributed by atoms with Gasteiger partial charge in [-0.05, 0) is 49.8 Å². The largest absolute Gasteiger partial charge is 0.506 e. The topological polar surface area (TPSA) is 113 Å². The summed E-state index contributed by atoms with van der Waals surface area (Å²) in [6, 6.07) is 4.00. The van der Waals surface area contributed by atoms with Gasteiger partial charge in [0.05, 0.1) is 18.2 Å². The molecule has 1 saturated carbocycles. The molecule has 1 fully saturated rings. The van der Waals surface area contributed by atoms with Gasteiger partial charge in [0.2, 0.25) is 5.91 Å². The Morgan fingerprint density at radius 3 is 2.05 bits per heavy atom. The lowest BCUT2D eigenvalue weighted by Crippen LogP contribution is -2.38. The SMILES string of the molecule is CCC(CCC(=O)Nc1c(O)cc(C(F)(F)F)c(C(=O)O)c1OC)(C(=O)c1ccc(C(F)(F)F)cc1)C1CCCC1. The van der Waals surface area contributed by atoms with Gasteiger partial charge in [-0.15, -0.1) is 0 Å². The number of phenols is 1. The molecule has 0 aliphatic heterocycles. The number of alkyl halides is 6. The smallest absolute Gasteiger partial charge is 0.417 e. The van der Waals surface area contributed by atoms with Gasteiger partial charge in [-0.3, -0.25) is 9.59 Å². The summed E-state index contributed by atoms with van der Waals surface area (Å²) >= 11 is 0. The van der Waals surface area contributed by atoms with Crippen LogP contribution >= 0.6 is 0 Å². The maximum Gasteiger partial charge on any atom is 0.417 e. The summed E-state index contributed by atoms with van der Waals surface area (Å²) in [5.41, 5.74) is -5.64. The van der Waals surface area contributed by atoms with Crippen LogP contribution in [0.4, 0.5) is 32.0 Å². The average Bonchev–Trinajstić information content (AvgIpc) is 3.44. The number of carboxylic acid groups (broad SMARTS) is 1. The summed E-state index contributed by atoms with van der Waals surface area (Å²) < 4.78 is 84.3. The Bertz CT molecular complexity index is 1300. The van der Waals surface area contributed by atoms with Gasteiger partial charge in [0.25, 0.3) is 0 Å². The van der Waals surface area contributed by atoms with Crippen LogP contribution in [0, 0.1) is 11.3 Å². The highest BCUT2D eigenvalue weighted by Gasteiger charge is 2.45. The summed E-state index contributed by atoms with van der Waals surface area (Å²) in [5.74, 6) is -5.41. The second kappa shape index (κ2) is 12.0. The van der Waals surface area contributed by atoms with E-state index >= 15 is 0 Å². The molecule has 224 valence electrons. The van der Waals surface area contributed by atoms with E-state index in [2.05, 4.69) is 5.32 Å². The van der Waals surface area contributed by atoms with E-state index in [1.54, 1.807) is 6.92 Å². The number of amides is 1. The lowest BCUT2D eigenvalue weighted by molar-refractivity contribution is -0.138. The fourth-order valence-electron chi connectivity index (χ4n) is 5.65. The number of anilines is 1. The number of hydrogen-bond donors (Lipinski definition) is 3. The summed E-state index contributed by atoms with van der Waals surface area (Å²) in [5, 5.41) is 21.9. The summed E-state index contributed by atoms with van der Waals surface area (Å²) in [6.45, 7) is 1.74. The van der Waals surface area contributed by atoms with E-state index in [1.807, 2.05) is 0 Å². The van der Waals surface area contributed by atoms with Crippen LogP contribution in [0.15, 0.2) is 30.3 Å². The van der Waals surface area contributed by atoms with Crippen LogP contribution in [0.5, 0.6) is 11.5 Å². The highest BCUT2D eigenvalue weighted by molar-refractivity contribution is 6.03. The number of carbonyl (C=O) groups is 3. The lowest BCUT2D eigenvalue weighted by atomic mass is 9.65. The minimum absolute atomic E-state index is 0.0463. The van der Waals surface area contributed by atoms with E-state index in [0.717, 1.165) is 44.2 Å². The van der Waals surface area contributed by atoms with E-state index in [9.17, 15) is 50.9 Å². The lowest BCUT2D eigenvalue weighted by Gasteiger charge is -2.37. The molecular weight excluding hydrogens is 560 g/mol. The van der Waals surface area contributed by atoms with Gasteiger partial charge in [0, 0.05) is 17.4 Å². The molecule has 2 aromatic rings. The molecule has 0 heterocycles. The predicted molar refractivity (Wildman–Crippen MR) is 135 cm³/mol. The number of halogens is 6. The van der Waals surface area contributed by atoms with Crippen molar-refractivity contribution in [2.24, 2.45) is 11.3 Å². The van der Waals surface area contributed by atoms with Crippen LogP contribution in [0.2, 0.25) is 0 Å². The zero-order chi connectivity index (χ0) is 30.8. The number of aromatic carboxylic acids is 1. The Morgan fingerprint density at radius 2 is 1.59 bits per heavy atom. The van der Waals surface area contributed by atoms with Crippen LogP contribution in [0.25, 0.3) is 0 Å². The number of hydrogen-bond acceptors (Lipinski definition) is 5. The molecular formula is C28H29F6NO6. The average molecular weight is 590 g/mol. The van der Waals surface area contributed by atoms with E-state index in [-0.39, 0.29) is 36.8 Å². The first-order valence-electron chi connectivity index (χ1n) is 12.8. The van der Waals surface area contributed by atoms with Crippen molar-refractivity contribution in [1.82, 2.24) is 0 Å². The predicted octanol–water partition coefficient (Wildman–Crippen LogP) is 7.32. The molecule has 2 aromatic carbocycles. The number of nitrogens with one attached hydrogen (secondary N) is 1. The maximum atomic E-state index is 13.8. The Morgan fingerprint density at radius 1 is 1.00 bits per heavy atom. The minimum Gasteiger partial charge on any atom is -0.506 e. The normalized spacial score (nSPS) is 15.8. The van der Waals surface area contributed by atoms with Crippen LogP contribution in [0.1, 0.15) is 83.7 Å². The van der Waals surface area contributed by atoms with Crippen LogP contribution in [-0.4, -0.2) is 35.0 Å². The van der Waals surface area contributed by atoms with Crippen LogP contribution in [0.3, 0.4) is 0 Å². The van der Waals surface area contributed by atoms with E-state index in [1.165, 1.54) is 0 Å². The number of phenolic OH excluding ortho intramolecular Hbond substituents is 1. The number of ketones is 1. The number of methoxy groups -OCH3 is 1. The highest BCUT2D eigenvalue weighted by Crippen LogP contribution is 2.49. The van der Waals surface area contributed by atoms with Crippen LogP contribution in [-0.2, 0) is 17.1 Å². The van der Waals surface area contributed by atoms with Gasteiger partial charge in [-0.1, -0.05) is 31.9 Å². The molecule has 41 heavy (non-hydrogen) atoms. The molecule has 13 heteroatoms. The Kier molecular flexibility index (Phi) is 9.29. The molecule has 3 rings (SSSR count). The fourth-order valence-corrected chi connectivity index (χ4v) is 5.65. The van der Waals surface area contributed by atoms with Gasteiger partial charge >= 0.3 is 18.3 Å². The van der Waals surface area contributed by atoms with Gasteiger partial charge < -0.3 is 20.3 Å². The van der Waals surface area contributed by atoms with E-state index in [0.29, 0.717) is 12.8 Å². The molecule has 0 aromatic heterocycles. The minimum atomic E-state index is -5.15. The van der Waals surface area contributed by atoms with E-state index < -0.39 is 69.3 Å². The molecule has 1 unspecified atom stereocenters. The molecule has 7 nitrogen and oxygen atoms in total. The maximum absolute atomic E-state index is 13.8. The second-order valence-electron chi connectivity index (χ2n) is 9.97. The van der Waals surface area contributed by atoms with Crippen molar-refractivity contribution < 1.29 is 55.7 Å². The third-order valence-electron chi connectivity index (χ3n) is 7.74. The third kappa shape index (κ3) is 6.59. The Hall–Kier alpha value is -3.77. The number of Topliss-reactive ketones (excluding diaryl/α,β-unsaturated/α-hetero) is 1. The first-order chi connectivity index (χ1) is 19.1. The van der Waals surface area contributed by atoms with Crippen molar-refractivity contribution in [3.8, 4) is 11.5 Å². The van der Waals surface area contributed by atoms with Gasteiger partial charge in [0.1, 0.15) is 17.0 Å². The molecule has 1 aliphatic carbocycles. The van der Waals surface area contributed by atoms with Crippen molar-refractivity contribution in [3.05, 3.63) is 52.6 Å². The number of ether oxygens (including phenoxy) is 1. The summed E-state index contributed by atoms with van der Waals surface area (Å²) in [6.07, 6.45) is -6.89. The summed E-state index contributed by atoms with van der Waals surface area (Å²) in [4.78, 5) is 38.4. The first kappa shape index (κ1) is 31.8. The summed E-state index contributed by atoms with van der Waals surface area (Å²) in [7, 11) is 0.877. The first-order valence-corrected chi connectivity index (χ1v) is 12.8. The number of carboxylic acids is 1. The molecule has 0 saturated heterocycles. The monoisotopic (exact) mass is 589 g/mol. The van der Waals surface area contributed by atoms with Crippen LogP contribution < -0.4 is 10.1 Å². The second-order valence-corrected chi connectivity index (χ2v) is 9.97. The number of aromatic hydroxyl groups is 1. The molecule has 0 radical (unpaired) electrons. The van der Waals surface area contributed by atoms with Crippen molar-refractivity contribution in [3.63, 3.8) is 0 Å². The molecule has 1 atom stereocenters. The fraction of sp³-hybridized carbons (Fsp3) is 0.464. The highest BCUT2D eigenvalue weighted by atomic mass is 19.4. The molecule has 1 amide bonds. The Labute approximate surface area is 231 Å². The zero-order valence-electron chi connectivity index (χ0n) is 22.2. The molecule has 0 bridgehead atoms. The number of rotatable bonds is 10. The van der Waals surface area contributed by atoms with Crippen molar-refractivity contribution in [1.29, 1.82) is 0 Å². The van der Waals surface area contributed by atoms with Crippen molar-refractivity contribution >= 4 is 23.3 Å². The number of carbonyl (C=O) groups excluding carboxylic acids is 2. The number of benzene rings is 2. The van der Waals surface area contributed by atoms with Gasteiger partial charge in [0.15, 0.2) is 11.5 Å². The van der Waals surface area contributed by atoms with Gasteiger partial charge in [-0.2, -0.15) is 26.3 Å². The molecule has 0 spiro atoms. The zero-order valence-corrected chi connectivity index (χ0v) is 22.2. The standard InChI is InChI=1S/C28H29F6NO6/c1-3-26(16-6-4-5-7-16,24(38)15-8-10-17(11-9-15)27(29,30)31)13-12-20(37)35-22-19(36)14-18(28(32,33)34)21(25(39)40)23(22)41-2/h8-11,14,16,36H,3-7,12-13H2,1-2H3,(H,35,37)(H,39,40). The quantitative estimate of drug-likeness (QED) is 0.152. The molecule has 3 N–H and O–H groups in total. The third-order valence-corrected chi connectivity index (χ3v) is 7.74.